The lowest BCUT2D eigenvalue weighted by Gasteiger charge is -2.47. The second-order valence-electron chi connectivity index (χ2n) is 6.81. The molecule has 2 heterocycles. The van der Waals surface area contributed by atoms with Crippen molar-refractivity contribution < 1.29 is 9.53 Å². The monoisotopic (exact) mass is 426 g/mol. The van der Waals surface area contributed by atoms with E-state index in [1.54, 1.807) is 4.52 Å². The minimum absolute atomic E-state index is 0.0231. The SMILES string of the molecule is CCOC(=O)C1C2CCC(CC2)C1Nc1nc(Cl)nn2c(Br)ccc12. The summed E-state index contributed by atoms with van der Waals surface area (Å²) < 4.78 is 7.88. The average Bonchev–Trinajstić information content (AvgIpc) is 2.97. The van der Waals surface area contributed by atoms with Gasteiger partial charge in [0.2, 0.25) is 5.28 Å². The van der Waals surface area contributed by atoms with Crippen molar-refractivity contribution in [3.63, 3.8) is 0 Å². The molecule has 134 valence electrons. The van der Waals surface area contributed by atoms with Crippen LogP contribution in [-0.2, 0) is 9.53 Å². The molecule has 3 aliphatic carbocycles. The van der Waals surface area contributed by atoms with E-state index < -0.39 is 0 Å². The van der Waals surface area contributed by atoms with Crippen LogP contribution in [0.2, 0.25) is 5.28 Å². The van der Waals surface area contributed by atoms with Crippen LogP contribution in [-0.4, -0.2) is 33.2 Å². The first-order chi connectivity index (χ1) is 12.1. The van der Waals surface area contributed by atoms with Gasteiger partial charge in [0, 0.05) is 6.04 Å². The number of aromatic nitrogens is 3. The highest BCUT2D eigenvalue weighted by Gasteiger charge is 2.48. The second-order valence-corrected chi connectivity index (χ2v) is 7.96. The van der Waals surface area contributed by atoms with Gasteiger partial charge >= 0.3 is 5.97 Å². The van der Waals surface area contributed by atoms with Crippen LogP contribution in [0, 0.1) is 17.8 Å². The summed E-state index contributed by atoms with van der Waals surface area (Å²) in [6.45, 7) is 2.27. The molecule has 8 heteroatoms. The lowest BCUT2D eigenvalue weighted by molar-refractivity contribution is -0.154. The molecular weight excluding hydrogens is 408 g/mol. The molecule has 5 rings (SSSR count). The molecule has 0 aliphatic heterocycles. The Kier molecular flexibility index (Phi) is 4.62. The van der Waals surface area contributed by atoms with Gasteiger partial charge in [0.15, 0.2) is 5.82 Å². The normalized spacial score (nSPS) is 28.3. The molecular formula is C17H20BrClN4O2. The number of nitrogens with zero attached hydrogens (tertiary/aromatic N) is 3. The molecule has 2 aromatic rings. The maximum absolute atomic E-state index is 12.6. The summed E-state index contributed by atoms with van der Waals surface area (Å²) in [7, 11) is 0. The van der Waals surface area contributed by atoms with Crippen molar-refractivity contribution in [1.82, 2.24) is 14.6 Å². The zero-order chi connectivity index (χ0) is 17.6. The van der Waals surface area contributed by atoms with Crippen LogP contribution in [0.5, 0.6) is 0 Å². The van der Waals surface area contributed by atoms with Gasteiger partial charge in [-0.05, 0) is 84.1 Å². The van der Waals surface area contributed by atoms with Crippen molar-refractivity contribution in [3.8, 4) is 0 Å². The Balaban J connectivity index is 1.69. The first-order valence-corrected chi connectivity index (χ1v) is 9.89. The van der Waals surface area contributed by atoms with Crippen LogP contribution in [0.1, 0.15) is 32.6 Å². The van der Waals surface area contributed by atoms with Crippen molar-refractivity contribution in [3.05, 3.63) is 22.0 Å². The lowest BCUT2D eigenvalue weighted by atomic mass is 9.61. The lowest BCUT2D eigenvalue weighted by Crippen LogP contribution is -2.52. The molecule has 2 atom stereocenters. The largest absolute Gasteiger partial charge is 0.466 e. The number of anilines is 1. The van der Waals surface area contributed by atoms with Crippen LogP contribution in [0.15, 0.2) is 16.7 Å². The fraction of sp³-hybridized carbons (Fsp3) is 0.588. The number of carbonyl (C=O) groups is 1. The van der Waals surface area contributed by atoms with Crippen LogP contribution in [0.25, 0.3) is 5.52 Å². The number of fused-ring (bicyclic) bond motifs is 4. The molecule has 0 aromatic carbocycles. The molecule has 2 aromatic heterocycles. The van der Waals surface area contributed by atoms with Gasteiger partial charge in [0.25, 0.3) is 0 Å². The molecule has 25 heavy (non-hydrogen) atoms. The molecule has 0 radical (unpaired) electrons. The molecule has 0 saturated heterocycles. The van der Waals surface area contributed by atoms with Crippen molar-refractivity contribution in [1.29, 1.82) is 0 Å². The van der Waals surface area contributed by atoms with E-state index in [1.807, 2.05) is 19.1 Å². The summed E-state index contributed by atoms with van der Waals surface area (Å²) in [4.78, 5) is 17.0. The Morgan fingerprint density at radius 1 is 1.36 bits per heavy atom. The molecule has 3 aliphatic rings. The number of nitrogens with one attached hydrogen (secondary N) is 1. The third kappa shape index (κ3) is 3.01. The van der Waals surface area contributed by atoms with Crippen LogP contribution in [0.4, 0.5) is 5.82 Å². The number of esters is 1. The highest BCUT2D eigenvalue weighted by atomic mass is 79.9. The number of hydrogen-bond acceptors (Lipinski definition) is 5. The predicted molar refractivity (Wildman–Crippen MR) is 98.7 cm³/mol. The zero-order valence-electron chi connectivity index (χ0n) is 13.9. The number of halogens is 2. The Morgan fingerprint density at radius 2 is 2.08 bits per heavy atom. The van der Waals surface area contributed by atoms with Crippen molar-refractivity contribution in [2.24, 2.45) is 17.8 Å². The zero-order valence-corrected chi connectivity index (χ0v) is 16.3. The summed E-state index contributed by atoms with van der Waals surface area (Å²) in [5, 5.41) is 7.90. The maximum atomic E-state index is 12.6. The van der Waals surface area contributed by atoms with E-state index in [9.17, 15) is 4.79 Å². The molecule has 6 nitrogen and oxygen atoms in total. The van der Waals surface area contributed by atoms with E-state index in [0.29, 0.717) is 24.3 Å². The Labute approximate surface area is 159 Å². The van der Waals surface area contributed by atoms with E-state index >= 15 is 0 Å². The highest BCUT2D eigenvalue weighted by Crippen LogP contribution is 2.47. The molecule has 1 N–H and O–H groups in total. The van der Waals surface area contributed by atoms with E-state index in [0.717, 1.165) is 35.8 Å². The third-order valence-corrected chi connectivity index (χ3v) is 6.28. The first-order valence-electron chi connectivity index (χ1n) is 8.72. The second kappa shape index (κ2) is 6.76. The number of ether oxygens (including phenoxy) is 1. The average molecular weight is 428 g/mol. The van der Waals surface area contributed by atoms with E-state index in [4.69, 9.17) is 16.3 Å². The van der Waals surface area contributed by atoms with E-state index in [2.05, 4.69) is 31.3 Å². The number of rotatable bonds is 4. The molecule has 3 fully saturated rings. The fourth-order valence-corrected chi connectivity index (χ4v) is 5.00. The van der Waals surface area contributed by atoms with Crippen LogP contribution < -0.4 is 5.32 Å². The third-order valence-electron chi connectivity index (χ3n) is 5.52. The molecule has 0 amide bonds. The Bertz CT molecular complexity index is 803. The minimum atomic E-state index is -0.125. The van der Waals surface area contributed by atoms with Gasteiger partial charge < -0.3 is 10.1 Å². The van der Waals surface area contributed by atoms with Gasteiger partial charge in [-0.25, -0.2) is 4.52 Å². The summed E-state index contributed by atoms with van der Waals surface area (Å²) in [6, 6.07) is 3.86. The van der Waals surface area contributed by atoms with Crippen molar-refractivity contribution >= 4 is 44.8 Å². The van der Waals surface area contributed by atoms with Crippen LogP contribution in [0.3, 0.4) is 0 Å². The summed E-state index contributed by atoms with van der Waals surface area (Å²) in [6.07, 6.45) is 4.47. The van der Waals surface area contributed by atoms with Gasteiger partial charge in [-0.1, -0.05) is 0 Å². The van der Waals surface area contributed by atoms with Crippen LogP contribution >= 0.6 is 27.5 Å². The van der Waals surface area contributed by atoms with Gasteiger partial charge in [-0.2, -0.15) is 4.98 Å². The fourth-order valence-electron chi connectivity index (χ4n) is 4.44. The minimum Gasteiger partial charge on any atom is -0.466 e. The topological polar surface area (TPSA) is 68.5 Å². The van der Waals surface area contributed by atoms with Gasteiger partial charge in [-0.15, -0.1) is 5.10 Å². The first kappa shape index (κ1) is 17.1. The van der Waals surface area contributed by atoms with Gasteiger partial charge in [-0.3, -0.25) is 4.79 Å². The van der Waals surface area contributed by atoms with Crippen molar-refractivity contribution in [2.45, 2.75) is 38.6 Å². The van der Waals surface area contributed by atoms with Gasteiger partial charge in [0.1, 0.15) is 10.1 Å². The quantitative estimate of drug-likeness (QED) is 0.749. The predicted octanol–water partition coefficient (Wildman–Crippen LogP) is 3.93. The number of hydrogen-bond donors (Lipinski definition) is 1. The molecule has 3 saturated carbocycles. The number of carbonyl (C=O) groups excluding carboxylic acids is 1. The Morgan fingerprint density at radius 3 is 2.80 bits per heavy atom. The highest BCUT2D eigenvalue weighted by molar-refractivity contribution is 9.10. The molecule has 2 bridgehead atoms. The van der Waals surface area contributed by atoms with Crippen molar-refractivity contribution in [2.75, 3.05) is 11.9 Å². The van der Waals surface area contributed by atoms with Gasteiger partial charge in [0.05, 0.1) is 12.5 Å². The van der Waals surface area contributed by atoms with E-state index in [-0.39, 0.29) is 23.2 Å². The summed E-state index contributed by atoms with van der Waals surface area (Å²) in [5.74, 6) is 1.28. The maximum Gasteiger partial charge on any atom is 0.311 e. The van der Waals surface area contributed by atoms with E-state index in [1.165, 1.54) is 0 Å². The molecule has 2 unspecified atom stereocenters. The molecule has 0 spiro atoms. The summed E-state index contributed by atoms with van der Waals surface area (Å²) >= 11 is 9.56. The smallest absolute Gasteiger partial charge is 0.311 e. The summed E-state index contributed by atoms with van der Waals surface area (Å²) in [5.41, 5.74) is 0.834. The standard InChI is InChI=1S/C17H20BrClN4O2/c1-2-25-16(24)13-9-3-5-10(6-4-9)14(13)20-15-11-7-8-12(18)23(11)22-17(19)21-15/h7-10,13-14H,2-6H2,1H3,(H,20,21,22). The Hall–Kier alpha value is -1.34.